The summed E-state index contributed by atoms with van der Waals surface area (Å²) < 4.78 is 10.3. The van der Waals surface area contributed by atoms with E-state index in [0.717, 1.165) is 17.3 Å². The zero-order valence-corrected chi connectivity index (χ0v) is 11.2. The Balaban J connectivity index is 1.75. The van der Waals surface area contributed by atoms with Crippen LogP contribution in [0.25, 0.3) is 0 Å². The molecule has 1 aromatic carbocycles. The van der Waals surface area contributed by atoms with E-state index < -0.39 is 0 Å². The van der Waals surface area contributed by atoms with Gasteiger partial charge in [0.25, 0.3) is 0 Å². The maximum absolute atomic E-state index is 11.1. The molecule has 1 unspecified atom stereocenters. The Labute approximate surface area is 111 Å². The summed E-state index contributed by atoms with van der Waals surface area (Å²) in [6.45, 7) is 3.67. The molecule has 1 atom stereocenters. The van der Waals surface area contributed by atoms with Gasteiger partial charge in [0, 0.05) is 23.5 Å². The summed E-state index contributed by atoms with van der Waals surface area (Å²) >= 11 is 1.76. The minimum absolute atomic E-state index is 0.00625. The van der Waals surface area contributed by atoms with Crippen molar-refractivity contribution in [2.45, 2.75) is 18.3 Å². The van der Waals surface area contributed by atoms with E-state index in [-0.39, 0.29) is 12.1 Å². The number of carbonyl (C=O) groups excluding carboxylic acids is 1. The molecule has 1 aliphatic heterocycles. The van der Waals surface area contributed by atoms with Gasteiger partial charge in [-0.05, 0) is 17.7 Å². The fourth-order valence-corrected chi connectivity index (χ4v) is 2.75. The molecule has 0 saturated carbocycles. The Kier molecular flexibility index (Phi) is 4.31. The highest BCUT2D eigenvalue weighted by Crippen LogP contribution is 2.24. The molecule has 0 radical (unpaired) electrons. The monoisotopic (exact) mass is 264 g/mol. The number of benzene rings is 1. The molecule has 18 heavy (non-hydrogen) atoms. The van der Waals surface area contributed by atoms with Gasteiger partial charge in [-0.2, -0.15) is 11.8 Å². The maximum Gasteiger partial charge on any atom is 0.333 e. The van der Waals surface area contributed by atoms with Crippen molar-refractivity contribution in [1.29, 1.82) is 0 Å². The number of rotatable bonds is 5. The molecule has 3 nitrogen and oxygen atoms in total. The first kappa shape index (κ1) is 13.0. The molecular formula is C14H16O3S. The summed E-state index contributed by atoms with van der Waals surface area (Å²) in [6.07, 6.45) is 0.655. The van der Waals surface area contributed by atoms with Crippen molar-refractivity contribution >= 4 is 17.7 Å². The first-order valence-corrected chi connectivity index (χ1v) is 6.94. The highest BCUT2D eigenvalue weighted by atomic mass is 32.2. The predicted molar refractivity (Wildman–Crippen MR) is 72.8 cm³/mol. The topological polar surface area (TPSA) is 35.5 Å². The van der Waals surface area contributed by atoms with Gasteiger partial charge in [0.15, 0.2) is 0 Å². The predicted octanol–water partition coefficient (Wildman–Crippen LogP) is 2.80. The lowest BCUT2D eigenvalue weighted by Gasteiger charge is -2.08. The van der Waals surface area contributed by atoms with E-state index in [9.17, 15) is 4.79 Å². The van der Waals surface area contributed by atoms with Gasteiger partial charge in [0.1, 0.15) is 11.9 Å². The second kappa shape index (κ2) is 5.96. The molecule has 1 saturated heterocycles. The minimum Gasteiger partial charge on any atom is -0.497 e. The van der Waals surface area contributed by atoms with Gasteiger partial charge >= 0.3 is 5.97 Å². The van der Waals surface area contributed by atoms with Crippen LogP contribution < -0.4 is 4.74 Å². The number of esters is 1. The highest BCUT2D eigenvalue weighted by molar-refractivity contribution is 7.98. The van der Waals surface area contributed by atoms with Crippen LogP contribution >= 0.6 is 11.8 Å². The second-order valence-corrected chi connectivity index (χ2v) is 5.23. The van der Waals surface area contributed by atoms with Crippen LogP contribution in [0.4, 0.5) is 0 Å². The third kappa shape index (κ3) is 3.29. The molecule has 0 amide bonds. The average Bonchev–Trinajstić information content (AvgIpc) is 2.69. The van der Waals surface area contributed by atoms with Crippen molar-refractivity contribution in [3.05, 3.63) is 42.0 Å². The Morgan fingerprint density at radius 3 is 2.72 bits per heavy atom. The normalized spacial score (nSPS) is 18.8. The van der Waals surface area contributed by atoms with Gasteiger partial charge in [-0.15, -0.1) is 0 Å². The number of cyclic esters (lactones) is 1. The molecule has 4 heteroatoms. The first-order chi connectivity index (χ1) is 8.69. The van der Waals surface area contributed by atoms with Crippen LogP contribution in [0.3, 0.4) is 0 Å². The maximum atomic E-state index is 11.1. The summed E-state index contributed by atoms with van der Waals surface area (Å²) in [5, 5.41) is 0. The number of thioether (sulfide) groups is 1. The van der Waals surface area contributed by atoms with Crippen LogP contribution in [-0.2, 0) is 15.3 Å². The van der Waals surface area contributed by atoms with Gasteiger partial charge in [0.2, 0.25) is 0 Å². The summed E-state index contributed by atoms with van der Waals surface area (Å²) in [5.41, 5.74) is 1.83. The van der Waals surface area contributed by atoms with Crippen molar-refractivity contribution in [3.8, 4) is 5.75 Å². The minimum atomic E-state index is -0.245. The molecular weight excluding hydrogens is 248 g/mol. The van der Waals surface area contributed by atoms with E-state index in [4.69, 9.17) is 9.47 Å². The van der Waals surface area contributed by atoms with Crippen molar-refractivity contribution in [2.24, 2.45) is 0 Å². The van der Waals surface area contributed by atoms with Crippen LogP contribution in [0.2, 0.25) is 0 Å². The number of methoxy groups -OCH3 is 1. The van der Waals surface area contributed by atoms with Crippen molar-refractivity contribution in [3.63, 3.8) is 0 Å². The summed E-state index contributed by atoms with van der Waals surface area (Å²) in [5.74, 6) is 2.34. The third-order valence-corrected chi connectivity index (χ3v) is 3.91. The van der Waals surface area contributed by atoms with Crippen molar-refractivity contribution < 1.29 is 14.3 Å². The number of hydrogen-bond donors (Lipinski definition) is 0. The van der Waals surface area contributed by atoms with E-state index in [1.54, 1.807) is 18.9 Å². The van der Waals surface area contributed by atoms with Gasteiger partial charge in [-0.25, -0.2) is 4.79 Å². The summed E-state index contributed by atoms with van der Waals surface area (Å²) in [4.78, 5) is 11.1. The Hall–Kier alpha value is -1.42. The largest absolute Gasteiger partial charge is 0.497 e. The molecule has 0 aromatic heterocycles. The van der Waals surface area contributed by atoms with Crippen molar-refractivity contribution in [2.75, 3.05) is 12.9 Å². The Morgan fingerprint density at radius 1 is 1.44 bits per heavy atom. The molecule has 0 aliphatic carbocycles. The zero-order chi connectivity index (χ0) is 13.0. The van der Waals surface area contributed by atoms with E-state index in [1.165, 1.54) is 5.56 Å². The lowest BCUT2D eigenvalue weighted by Crippen LogP contribution is -2.09. The lowest BCUT2D eigenvalue weighted by atomic mass is 10.2. The second-order valence-electron chi connectivity index (χ2n) is 4.20. The molecule has 0 bridgehead atoms. The number of ether oxygens (including phenoxy) is 2. The van der Waals surface area contributed by atoms with Gasteiger partial charge in [-0.3, -0.25) is 0 Å². The number of carbonyl (C=O) groups is 1. The quantitative estimate of drug-likeness (QED) is 0.605. The smallest absolute Gasteiger partial charge is 0.333 e. The SMILES string of the molecule is C=C1CC(CSCc2ccc(OC)cc2)OC1=O. The standard InChI is InChI=1S/C14H16O3S/c1-10-7-13(17-14(10)15)9-18-8-11-3-5-12(16-2)6-4-11/h3-6,13H,1,7-9H2,2H3. The highest BCUT2D eigenvalue weighted by Gasteiger charge is 2.26. The first-order valence-electron chi connectivity index (χ1n) is 5.78. The van der Waals surface area contributed by atoms with E-state index in [1.807, 2.05) is 24.3 Å². The van der Waals surface area contributed by atoms with Gasteiger partial charge < -0.3 is 9.47 Å². The fourth-order valence-electron chi connectivity index (χ4n) is 1.76. The molecule has 2 rings (SSSR count). The molecule has 1 aliphatic rings. The van der Waals surface area contributed by atoms with E-state index in [0.29, 0.717) is 12.0 Å². The van der Waals surface area contributed by atoms with Crippen LogP contribution in [0, 0.1) is 0 Å². The third-order valence-electron chi connectivity index (χ3n) is 2.77. The van der Waals surface area contributed by atoms with E-state index >= 15 is 0 Å². The summed E-state index contributed by atoms with van der Waals surface area (Å²) in [6, 6.07) is 8.00. The molecule has 1 aromatic rings. The average molecular weight is 264 g/mol. The van der Waals surface area contributed by atoms with Crippen LogP contribution in [-0.4, -0.2) is 24.9 Å². The fraction of sp³-hybridized carbons (Fsp3) is 0.357. The van der Waals surface area contributed by atoms with Crippen LogP contribution in [0.15, 0.2) is 36.4 Å². The summed E-state index contributed by atoms with van der Waals surface area (Å²) in [7, 11) is 1.66. The lowest BCUT2D eigenvalue weighted by molar-refractivity contribution is -0.137. The zero-order valence-electron chi connectivity index (χ0n) is 10.3. The molecule has 96 valence electrons. The van der Waals surface area contributed by atoms with Crippen molar-refractivity contribution in [1.82, 2.24) is 0 Å². The molecule has 1 fully saturated rings. The molecule has 0 N–H and O–H groups in total. The van der Waals surface area contributed by atoms with Gasteiger partial charge in [-0.1, -0.05) is 18.7 Å². The Morgan fingerprint density at radius 2 is 2.17 bits per heavy atom. The van der Waals surface area contributed by atoms with Crippen LogP contribution in [0.5, 0.6) is 5.75 Å². The van der Waals surface area contributed by atoms with Crippen LogP contribution in [0.1, 0.15) is 12.0 Å². The number of hydrogen-bond acceptors (Lipinski definition) is 4. The van der Waals surface area contributed by atoms with Gasteiger partial charge in [0.05, 0.1) is 7.11 Å². The van der Waals surface area contributed by atoms with E-state index in [2.05, 4.69) is 6.58 Å². The molecule has 0 spiro atoms. The Bertz CT molecular complexity index is 423. The molecule has 1 heterocycles.